The Hall–Kier alpha value is -2.02. The predicted molar refractivity (Wildman–Crippen MR) is 73.9 cm³/mol. The molecule has 2 aliphatic heterocycles. The van der Waals surface area contributed by atoms with E-state index in [1.807, 2.05) is 12.1 Å². The number of amides is 1. The SMILES string of the molecule is CCC1CCN2c3cc(C#N)ccc3NC(=O)C2C1. The van der Waals surface area contributed by atoms with Crippen LogP contribution in [-0.4, -0.2) is 18.5 Å². The van der Waals surface area contributed by atoms with Crippen LogP contribution in [0.1, 0.15) is 31.7 Å². The molecular weight excluding hydrogens is 238 g/mol. The van der Waals surface area contributed by atoms with Gasteiger partial charge in [0.1, 0.15) is 6.04 Å². The smallest absolute Gasteiger partial charge is 0.247 e. The zero-order chi connectivity index (χ0) is 13.4. The highest BCUT2D eigenvalue weighted by molar-refractivity contribution is 6.03. The molecule has 0 saturated carbocycles. The molecule has 0 aliphatic carbocycles. The number of nitrogens with zero attached hydrogens (tertiary/aromatic N) is 2. The van der Waals surface area contributed by atoms with Crippen molar-refractivity contribution in [2.45, 2.75) is 32.2 Å². The first kappa shape index (κ1) is 12.0. The van der Waals surface area contributed by atoms with Gasteiger partial charge in [0.05, 0.1) is 23.0 Å². The van der Waals surface area contributed by atoms with Gasteiger partial charge in [-0.15, -0.1) is 0 Å². The van der Waals surface area contributed by atoms with Crippen molar-refractivity contribution in [1.82, 2.24) is 0 Å². The lowest BCUT2D eigenvalue weighted by atomic mass is 9.87. The van der Waals surface area contributed by atoms with Crippen LogP contribution in [0.5, 0.6) is 0 Å². The number of nitrogens with one attached hydrogen (secondary N) is 1. The molecular formula is C15H17N3O. The largest absolute Gasteiger partial charge is 0.358 e. The van der Waals surface area contributed by atoms with Gasteiger partial charge in [0.15, 0.2) is 0 Å². The quantitative estimate of drug-likeness (QED) is 0.838. The van der Waals surface area contributed by atoms with Crippen molar-refractivity contribution >= 4 is 17.3 Å². The lowest BCUT2D eigenvalue weighted by Gasteiger charge is -2.43. The fourth-order valence-electron chi connectivity index (χ4n) is 3.11. The molecule has 0 radical (unpaired) electrons. The van der Waals surface area contributed by atoms with Crippen molar-refractivity contribution in [3.05, 3.63) is 23.8 Å². The minimum atomic E-state index is -0.0693. The van der Waals surface area contributed by atoms with Gasteiger partial charge in [-0.3, -0.25) is 4.79 Å². The maximum Gasteiger partial charge on any atom is 0.247 e. The highest BCUT2D eigenvalue weighted by Crippen LogP contribution is 2.38. The summed E-state index contributed by atoms with van der Waals surface area (Å²) in [5.74, 6) is 0.725. The molecule has 0 aromatic heterocycles. The molecule has 4 nitrogen and oxygen atoms in total. The molecule has 98 valence electrons. The zero-order valence-electron chi connectivity index (χ0n) is 11.0. The summed E-state index contributed by atoms with van der Waals surface area (Å²) in [6.45, 7) is 3.08. The summed E-state index contributed by atoms with van der Waals surface area (Å²) in [7, 11) is 0. The summed E-state index contributed by atoms with van der Waals surface area (Å²) in [4.78, 5) is 14.4. The third-order valence-electron chi connectivity index (χ3n) is 4.29. The molecule has 0 spiro atoms. The second kappa shape index (κ2) is 4.58. The van der Waals surface area contributed by atoms with Crippen molar-refractivity contribution in [1.29, 1.82) is 5.26 Å². The third kappa shape index (κ3) is 1.95. The molecule has 19 heavy (non-hydrogen) atoms. The van der Waals surface area contributed by atoms with Crippen LogP contribution in [0.15, 0.2) is 18.2 Å². The Morgan fingerprint density at radius 1 is 1.53 bits per heavy atom. The highest BCUT2D eigenvalue weighted by atomic mass is 16.2. The minimum absolute atomic E-state index is 0.0693. The Balaban J connectivity index is 1.98. The Kier molecular flexibility index (Phi) is 2.90. The van der Waals surface area contributed by atoms with E-state index in [9.17, 15) is 4.79 Å². The molecule has 3 rings (SSSR count). The fraction of sp³-hybridized carbons (Fsp3) is 0.467. The van der Waals surface area contributed by atoms with Crippen LogP contribution in [-0.2, 0) is 4.79 Å². The third-order valence-corrected chi connectivity index (χ3v) is 4.29. The number of carbonyl (C=O) groups excluding carboxylic acids is 1. The second-order valence-corrected chi connectivity index (χ2v) is 5.34. The van der Waals surface area contributed by atoms with E-state index in [0.717, 1.165) is 37.2 Å². The van der Waals surface area contributed by atoms with Crippen LogP contribution >= 0.6 is 0 Å². The van der Waals surface area contributed by atoms with E-state index in [0.29, 0.717) is 11.5 Å². The van der Waals surface area contributed by atoms with Gasteiger partial charge in [0.2, 0.25) is 5.91 Å². The van der Waals surface area contributed by atoms with Crippen LogP contribution in [0, 0.1) is 17.2 Å². The molecule has 1 saturated heterocycles. The summed E-state index contributed by atoms with van der Waals surface area (Å²) in [5, 5.41) is 12.0. The van der Waals surface area contributed by atoms with E-state index in [-0.39, 0.29) is 11.9 Å². The van der Waals surface area contributed by atoms with E-state index in [1.54, 1.807) is 6.07 Å². The minimum Gasteiger partial charge on any atom is -0.358 e. The van der Waals surface area contributed by atoms with Crippen molar-refractivity contribution < 1.29 is 4.79 Å². The molecule has 2 atom stereocenters. The number of piperidine rings is 1. The Morgan fingerprint density at radius 2 is 2.37 bits per heavy atom. The molecule has 1 aromatic rings. The summed E-state index contributed by atoms with van der Waals surface area (Å²) < 4.78 is 0. The van der Waals surface area contributed by atoms with E-state index < -0.39 is 0 Å². The number of anilines is 2. The van der Waals surface area contributed by atoms with E-state index in [2.05, 4.69) is 23.2 Å². The fourth-order valence-corrected chi connectivity index (χ4v) is 3.11. The standard InChI is InChI=1S/C15H17N3O/c1-2-10-5-6-18-13-8-11(9-16)3-4-12(13)17-15(19)14(18)7-10/h3-4,8,10,14H,2,5-7H2,1H3,(H,17,19). The molecule has 1 fully saturated rings. The van der Waals surface area contributed by atoms with Crippen LogP contribution in [0.4, 0.5) is 11.4 Å². The average Bonchev–Trinajstić information content (AvgIpc) is 2.46. The zero-order valence-corrected chi connectivity index (χ0v) is 11.0. The molecule has 1 amide bonds. The molecule has 1 N–H and O–H groups in total. The first-order valence-electron chi connectivity index (χ1n) is 6.84. The van der Waals surface area contributed by atoms with Gasteiger partial charge >= 0.3 is 0 Å². The number of rotatable bonds is 1. The highest BCUT2D eigenvalue weighted by Gasteiger charge is 2.37. The van der Waals surface area contributed by atoms with Gasteiger partial charge in [-0.05, 0) is 37.0 Å². The number of benzene rings is 1. The monoisotopic (exact) mass is 255 g/mol. The number of hydrogen-bond donors (Lipinski definition) is 1. The van der Waals surface area contributed by atoms with Gasteiger partial charge in [-0.1, -0.05) is 13.3 Å². The summed E-state index contributed by atoms with van der Waals surface area (Å²) in [6, 6.07) is 7.55. The molecule has 4 heteroatoms. The molecule has 2 aliphatic rings. The van der Waals surface area contributed by atoms with Crippen LogP contribution in [0.3, 0.4) is 0 Å². The van der Waals surface area contributed by atoms with Crippen molar-refractivity contribution in [2.75, 3.05) is 16.8 Å². The van der Waals surface area contributed by atoms with Crippen molar-refractivity contribution in [3.63, 3.8) is 0 Å². The predicted octanol–water partition coefficient (Wildman–Crippen LogP) is 2.51. The lowest BCUT2D eigenvalue weighted by molar-refractivity contribution is -0.118. The average molecular weight is 255 g/mol. The molecule has 1 aromatic carbocycles. The molecule has 2 unspecified atom stereocenters. The van der Waals surface area contributed by atoms with Crippen molar-refractivity contribution in [3.8, 4) is 6.07 Å². The normalized spacial score (nSPS) is 25.1. The van der Waals surface area contributed by atoms with Gasteiger partial charge in [-0.25, -0.2) is 0 Å². The number of hydrogen-bond acceptors (Lipinski definition) is 3. The van der Waals surface area contributed by atoms with Gasteiger partial charge in [-0.2, -0.15) is 5.26 Å². The topological polar surface area (TPSA) is 56.1 Å². The first-order chi connectivity index (χ1) is 9.22. The maximum absolute atomic E-state index is 12.2. The maximum atomic E-state index is 12.2. The van der Waals surface area contributed by atoms with E-state index in [4.69, 9.17) is 5.26 Å². The Morgan fingerprint density at radius 3 is 3.11 bits per heavy atom. The first-order valence-corrected chi connectivity index (χ1v) is 6.84. The van der Waals surface area contributed by atoms with E-state index >= 15 is 0 Å². The van der Waals surface area contributed by atoms with Crippen LogP contribution in [0.25, 0.3) is 0 Å². The van der Waals surface area contributed by atoms with Gasteiger partial charge in [0.25, 0.3) is 0 Å². The summed E-state index contributed by atoms with van der Waals surface area (Å²) in [6.07, 6.45) is 3.16. The van der Waals surface area contributed by atoms with Gasteiger partial charge < -0.3 is 10.2 Å². The summed E-state index contributed by atoms with van der Waals surface area (Å²) >= 11 is 0. The number of fused-ring (bicyclic) bond motifs is 3. The number of carbonyl (C=O) groups is 1. The summed E-state index contributed by atoms with van der Waals surface area (Å²) in [5.41, 5.74) is 2.47. The van der Waals surface area contributed by atoms with Crippen LogP contribution in [0.2, 0.25) is 0 Å². The Bertz CT molecular complexity index is 561. The lowest BCUT2D eigenvalue weighted by Crippen LogP contribution is -2.52. The number of nitriles is 1. The van der Waals surface area contributed by atoms with Crippen LogP contribution < -0.4 is 10.2 Å². The molecule has 2 heterocycles. The van der Waals surface area contributed by atoms with E-state index in [1.165, 1.54) is 0 Å². The Labute approximate surface area is 113 Å². The second-order valence-electron chi connectivity index (χ2n) is 5.34. The van der Waals surface area contributed by atoms with Gasteiger partial charge in [0, 0.05) is 6.54 Å². The van der Waals surface area contributed by atoms with Crippen molar-refractivity contribution in [2.24, 2.45) is 5.92 Å². The molecule has 0 bridgehead atoms.